The molecule has 0 fully saturated rings. The van der Waals surface area contributed by atoms with Crippen molar-refractivity contribution in [3.63, 3.8) is 0 Å². The van der Waals surface area contributed by atoms with Crippen molar-refractivity contribution in [1.29, 1.82) is 0 Å². The molecule has 0 atom stereocenters. The summed E-state index contributed by atoms with van der Waals surface area (Å²) in [5.74, 6) is 0.659. The van der Waals surface area contributed by atoms with E-state index in [1.54, 1.807) is 0 Å². The van der Waals surface area contributed by atoms with Crippen LogP contribution >= 0.6 is 0 Å². The molecule has 0 unspecified atom stereocenters. The zero-order chi connectivity index (χ0) is 36.5. The van der Waals surface area contributed by atoms with E-state index in [0.717, 1.165) is 38.6 Å². The van der Waals surface area contributed by atoms with Crippen LogP contribution < -0.4 is 0 Å². The zero-order valence-corrected chi connectivity index (χ0v) is 30.1. The first kappa shape index (κ1) is 29.8. The second kappa shape index (κ2) is 11.0. The van der Waals surface area contributed by atoms with Gasteiger partial charge in [-0.2, -0.15) is 0 Å². The maximum absolute atomic E-state index is 5.57. The highest BCUT2D eigenvalue weighted by Crippen LogP contribution is 2.48. The van der Waals surface area contributed by atoms with Crippen molar-refractivity contribution in [2.75, 3.05) is 0 Å². The molecule has 0 saturated heterocycles. The summed E-state index contributed by atoms with van der Waals surface area (Å²) >= 11 is 0. The Morgan fingerprint density at radius 1 is 0.357 bits per heavy atom. The topological polar surface area (TPSA) is 35.6 Å². The lowest BCUT2D eigenvalue weighted by atomic mass is 9.94. The normalized spacial score (nSPS) is 12.3. The summed E-state index contributed by atoms with van der Waals surface area (Å²) in [6.07, 6.45) is 0. The molecule has 4 nitrogen and oxygen atoms in total. The lowest BCUT2D eigenvalue weighted by Gasteiger charge is -2.14. The van der Waals surface area contributed by atoms with Crippen LogP contribution in [0.5, 0.6) is 0 Å². The van der Waals surface area contributed by atoms with Crippen LogP contribution in [0.1, 0.15) is 0 Å². The quantitative estimate of drug-likeness (QED) is 0.167. The number of nitrogens with zero attached hydrogens (tertiary/aromatic N) is 4. The molecule has 0 amide bonds. The molecule has 1 aliphatic heterocycles. The molecule has 0 saturated carbocycles. The minimum Gasteiger partial charge on any atom is -0.308 e. The molecule has 0 N–H and O–H groups in total. The Morgan fingerprint density at radius 2 is 0.982 bits per heavy atom. The Morgan fingerprint density at radius 3 is 1.86 bits per heavy atom. The fourth-order valence-corrected chi connectivity index (χ4v) is 9.60. The Labute approximate surface area is 321 Å². The fraction of sp³-hybridized carbons (Fsp3) is 0. The van der Waals surface area contributed by atoms with Gasteiger partial charge < -0.3 is 4.57 Å². The van der Waals surface area contributed by atoms with Gasteiger partial charge in [0.2, 0.25) is 5.95 Å². The van der Waals surface area contributed by atoms with Crippen molar-refractivity contribution in [3.8, 4) is 45.1 Å². The van der Waals surface area contributed by atoms with Crippen molar-refractivity contribution >= 4 is 76.1 Å². The molecule has 56 heavy (non-hydrogen) atoms. The van der Waals surface area contributed by atoms with Gasteiger partial charge in [-0.25, -0.2) is 9.97 Å². The Balaban J connectivity index is 1.16. The number of rotatable bonds is 2. The van der Waals surface area contributed by atoms with E-state index in [1.807, 2.05) is 0 Å². The molecule has 0 aliphatic carbocycles. The predicted molar refractivity (Wildman–Crippen MR) is 233 cm³/mol. The smallest absolute Gasteiger partial charge is 0.235 e. The van der Waals surface area contributed by atoms with Crippen molar-refractivity contribution in [2.24, 2.45) is 0 Å². The standard InChI is InChI=1S/C52H30N4/c1-2-14-33-28-34(25-24-31(33)12-1)50-49-35-15-4-3-13-32(35)26-27-44(49)53-52(54-50)56-46-23-10-8-19-39(46)42-29-47-43(30-48(42)56)41-21-11-20-40-37-17-6-5-16-36(37)38-18-7-9-22-45(38)55(47)51(40)41/h1-30H. The third-order valence-electron chi connectivity index (χ3n) is 12.0. The van der Waals surface area contributed by atoms with E-state index >= 15 is 0 Å². The van der Waals surface area contributed by atoms with E-state index in [0.29, 0.717) is 5.95 Å². The van der Waals surface area contributed by atoms with Crippen LogP contribution in [-0.2, 0) is 0 Å². The van der Waals surface area contributed by atoms with E-state index < -0.39 is 0 Å². The van der Waals surface area contributed by atoms with Crippen LogP contribution in [0, 0.1) is 0 Å². The van der Waals surface area contributed by atoms with Crippen LogP contribution in [0.3, 0.4) is 0 Å². The number of benzene rings is 9. The molecule has 3 aromatic heterocycles. The van der Waals surface area contributed by atoms with Gasteiger partial charge in [-0.05, 0) is 69.1 Å². The average Bonchev–Trinajstić information content (AvgIpc) is 3.72. The van der Waals surface area contributed by atoms with Crippen LogP contribution in [0.2, 0.25) is 0 Å². The highest BCUT2D eigenvalue weighted by Gasteiger charge is 2.26. The van der Waals surface area contributed by atoms with E-state index in [2.05, 4.69) is 191 Å². The first-order chi connectivity index (χ1) is 27.8. The van der Waals surface area contributed by atoms with Gasteiger partial charge in [0, 0.05) is 43.6 Å². The van der Waals surface area contributed by atoms with Gasteiger partial charge in [0.25, 0.3) is 0 Å². The fourth-order valence-electron chi connectivity index (χ4n) is 9.60. The lowest BCUT2D eigenvalue weighted by molar-refractivity contribution is 1.02. The van der Waals surface area contributed by atoms with Gasteiger partial charge in [-0.3, -0.25) is 4.57 Å². The Hall–Kier alpha value is -7.56. The number of fused-ring (bicyclic) bond motifs is 15. The summed E-state index contributed by atoms with van der Waals surface area (Å²) in [4.78, 5) is 11.0. The predicted octanol–water partition coefficient (Wildman–Crippen LogP) is 13.4. The summed E-state index contributed by atoms with van der Waals surface area (Å²) in [5, 5.41) is 10.5. The highest BCUT2D eigenvalue weighted by atomic mass is 15.2. The molecule has 4 heterocycles. The van der Waals surface area contributed by atoms with Gasteiger partial charge in [0.05, 0.1) is 39.0 Å². The summed E-state index contributed by atoms with van der Waals surface area (Å²) in [6, 6.07) is 66.0. The summed E-state index contributed by atoms with van der Waals surface area (Å²) in [7, 11) is 0. The van der Waals surface area contributed by atoms with Gasteiger partial charge in [0.15, 0.2) is 0 Å². The van der Waals surface area contributed by atoms with Gasteiger partial charge in [-0.15, -0.1) is 0 Å². The SMILES string of the molecule is c1ccc2c(c1)-c1ccccc1-n1c3cc4c5ccccc5n(-c5nc(-c6ccc7ccccc7c6)c6c(ccc7ccccc76)n5)c4cc3c3cccc-2c31. The summed E-state index contributed by atoms with van der Waals surface area (Å²) in [5.41, 5.74) is 13.7. The lowest BCUT2D eigenvalue weighted by Crippen LogP contribution is -2.04. The van der Waals surface area contributed by atoms with Crippen LogP contribution in [0.25, 0.3) is 121 Å². The Bertz CT molecular complexity index is 3660. The first-order valence-corrected chi connectivity index (χ1v) is 19.2. The molecule has 0 radical (unpaired) electrons. The van der Waals surface area contributed by atoms with Gasteiger partial charge >= 0.3 is 0 Å². The van der Waals surface area contributed by atoms with Crippen molar-refractivity contribution in [2.45, 2.75) is 0 Å². The number of aromatic nitrogens is 4. The molecule has 0 bridgehead atoms. The molecule has 9 aromatic carbocycles. The van der Waals surface area contributed by atoms with Crippen molar-refractivity contribution in [3.05, 3.63) is 182 Å². The van der Waals surface area contributed by atoms with Gasteiger partial charge in [-0.1, -0.05) is 146 Å². The van der Waals surface area contributed by atoms with Crippen molar-refractivity contribution in [1.82, 2.24) is 19.1 Å². The third kappa shape index (κ3) is 3.97. The minimum absolute atomic E-state index is 0.659. The second-order valence-electron chi connectivity index (χ2n) is 15.0. The number of para-hydroxylation sites is 3. The van der Waals surface area contributed by atoms with E-state index in [4.69, 9.17) is 9.97 Å². The van der Waals surface area contributed by atoms with Gasteiger partial charge in [0.1, 0.15) is 0 Å². The molecule has 1 aliphatic rings. The summed E-state index contributed by atoms with van der Waals surface area (Å²) < 4.78 is 4.78. The molecular weight excluding hydrogens is 681 g/mol. The highest BCUT2D eigenvalue weighted by molar-refractivity contribution is 6.22. The number of hydrogen-bond acceptors (Lipinski definition) is 2. The van der Waals surface area contributed by atoms with Crippen LogP contribution in [-0.4, -0.2) is 19.1 Å². The summed E-state index contributed by atoms with van der Waals surface area (Å²) in [6.45, 7) is 0. The van der Waals surface area contributed by atoms with Crippen LogP contribution in [0.4, 0.5) is 0 Å². The molecular formula is C52H30N4. The average molecular weight is 711 g/mol. The second-order valence-corrected chi connectivity index (χ2v) is 15.0. The van der Waals surface area contributed by atoms with Crippen molar-refractivity contribution < 1.29 is 0 Å². The first-order valence-electron chi connectivity index (χ1n) is 19.2. The molecule has 0 spiro atoms. The largest absolute Gasteiger partial charge is 0.308 e. The number of hydrogen-bond donors (Lipinski definition) is 0. The maximum atomic E-state index is 5.57. The van der Waals surface area contributed by atoms with Crippen LogP contribution in [0.15, 0.2) is 182 Å². The van der Waals surface area contributed by atoms with E-state index in [9.17, 15) is 0 Å². The van der Waals surface area contributed by atoms with E-state index in [1.165, 1.54) is 76.7 Å². The molecule has 12 aromatic rings. The van der Waals surface area contributed by atoms with E-state index in [-0.39, 0.29) is 0 Å². The zero-order valence-electron chi connectivity index (χ0n) is 30.1. The Kier molecular flexibility index (Phi) is 5.86. The minimum atomic E-state index is 0.659. The monoisotopic (exact) mass is 710 g/mol. The molecule has 13 rings (SSSR count). The maximum Gasteiger partial charge on any atom is 0.235 e. The third-order valence-corrected chi connectivity index (χ3v) is 12.0. The molecule has 258 valence electrons. The molecule has 4 heteroatoms.